The first-order valence-corrected chi connectivity index (χ1v) is 8.44. The van der Waals surface area contributed by atoms with E-state index in [1.165, 1.54) is 7.11 Å². The van der Waals surface area contributed by atoms with E-state index in [-0.39, 0.29) is 17.8 Å². The Balaban J connectivity index is 1.70. The molecule has 3 rings (SSSR count). The van der Waals surface area contributed by atoms with E-state index in [4.69, 9.17) is 4.74 Å². The maximum absolute atomic E-state index is 13.9. The Morgan fingerprint density at radius 3 is 2.87 bits per heavy atom. The number of rotatable bonds is 4. The average molecular weight is 322 g/mol. The maximum Gasteiger partial charge on any atom is 0.165 e. The normalized spacial score (nSPS) is 29.3. The summed E-state index contributed by atoms with van der Waals surface area (Å²) >= 11 is 0. The number of fused-ring (bicyclic) bond motifs is 1. The van der Waals surface area contributed by atoms with Gasteiger partial charge in [-0.15, -0.1) is 0 Å². The van der Waals surface area contributed by atoms with Gasteiger partial charge in [-0.3, -0.25) is 4.90 Å². The predicted molar refractivity (Wildman–Crippen MR) is 88.0 cm³/mol. The predicted octanol–water partition coefficient (Wildman–Crippen LogP) is 2.11. The molecule has 2 aliphatic rings. The first-order chi connectivity index (χ1) is 11.1. The second-order valence-electron chi connectivity index (χ2n) is 7.07. The van der Waals surface area contributed by atoms with Gasteiger partial charge in [-0.1, -0.05) is 6.07 Å². The highest BCUT2D eigenvalue weighted by Crippen LogP contribution is 2.41. The molecule has 1 aromatic rings. The van der Waals surface area contributed by atoms with Crippen LogP contribution < -0.4 is 4.74 Å². The van der Waals surface area contributed by atoms with Crippen molar-refractivity contribution in [2.75, 3.05) is 40.4 Å². The summed E-state index contributed by atoms with van der Waals surface area (Å²) in [5.74, 6) is -0.0137. The van der Waals surface area contributed by atoms with Crippen LogP contribution in [0.15, 0.2) is 18.2 Å². The third-order valence-electron chi connectivity index (χ3n) is 5.72. The molecule has 0 bridgehead atoms. The van der Waals surface area contributed by atoms with Crippen LogP contribution in [0.3, 0.4) is 0 Å². The lowest BCUT2D eigenvalue weighted by Gasteiger charge is -2.53. The molecule has 5 heteroatoms. The van der Waals surface area contributed by atoms with E-state index >= 15 is 0 Å². The summed E-state index contributed by atoms with van der Waals surface area (Å²) in [5.41, 5.74) is 1.02. The summed E-state index contributed by atoms with van der Waals surface area (Å²) in [7, 11) is 3.64. The summed E-state index contributed by atoms with van der Waals surface area (Å²) < 4.78 is 18.8. The van der Waals surface area contributed by atoms with Crippen LogP contribution in [0.25, 0.3) is 0 Å². The fraction of sp³-hybridized carbons (Fsp3) is 0.667. The molecule has 4 nitrogen and oxygen atoms in total. The number of halogens is 1. The Bertz CT molecular complexity index is 554. The van der Waals surface area contributed by atoms with Crippen LogP contribution in [0.4, 0.5) is 4.39 Å². The molecular weight excluding hydrogens is 295 g/mol. The molecule has 0 saturated carbocycles. The van der Waals surface area contributed by atoms with E-state index in [2.05, 4.69) is 16.8 Å². The zero-order chi connectivity index (χ0) is 16.4. The smallest absolute Gasteiger partial charge is 0.165 e. The van der Waals surface area contributed by atoms with Gasteiger partial charge < -0.3 is 14.7 Å². The molecule has 128 valence electrons. The second-order valence-corrected chi connectivity index (χ2v) is 7.07. The molecule has 1 N–H and O–H groups in total. The number of aliphatic hydroxyl groups excluding tert-OH is 1. The Morgan fingerprint density at radius 1 is 1.35 bits per heavy atom. The number of hydrogen-bond acceptors (Lipinski definition) is 4. The summed E-state index contributed by atoms with van der Waals surface area (Å²) in [6, 6.07) is 5.58. The minimum atomic E-state index is -0.304. The topological polar surface area (TPSA) is 35.9 Å². The summed E-state index contributed by atoms with van der Waals surface area (Å²) in [6.45, 7) is 4.00. The Kier molecular flexibility index (Phi) is 4.90. The molecular formula is C18H27FN2O2. The minimum absolute atomic E-state index is 0.0503. The van der Waals surface area contributed by atoms with Crippen molar-refractivity contribution in [3.05, 3.63) is 29.6 Å². The van der Waals surface area contributed by atoms with Crippen LogP contribution >= 0.6 is 0 Å². The van der Waals surface area contributed by atoms with E-state index in [9.17, 15) is 9.50 Å². The zero-order valence-electron chi connectivity index (χ0n) is 14.1. The molecule has 0 aromatic heterocycles. The van der Waals surface area contributed by atoms with E-state index < -0.39 is 0 Å². The molecule has 0 unspecified atom stereocenters. The van der Waals surface area contributed by atoms with Gasteiger partial charge in [0.1, 0.15) is 0 Å². The van der Waals surface area contributed by atoms with Crippen LogP contribution in [-0.4, -0.2) is 61.3 Å². The number of nitrogens with zero attached hydrogens (tertiary/aromatic N) is 2. The summed E-state index contributed by atoms with van der Waals surface area (Å²) in [5, 5.41) is 9.96. The molecule has 0 radical (unpaired) electrons. The van der Waals surface area contributed by atoms with Crippen molar-refractivity contribution >= 4 is 0 Å². The first kappa shape index (κ1) is 16.7. The highest BCUT2D eigenvalue weighted by Gasteiger charge is 2.46. The number of likely N-dealkylation sites (N-methyl/N-ethyl adjacent to an activating group) is 1. The fourth-order valence-corrected chi connectivity index (χ4v) is 4.29. The van der Waals surface area contributed by atoms with Crippen molar-refractivity contribution in [2.24, 2.45) is 5.41 Å². The van der Waals surface area contributed by atoms with Gasteiger partial charge in [0, 0.05) is 24.5 Å². The lowest BCUT2D eigenvalue weighted by molar-refractivity contribution is -0.0684. The van der Waals surface area contributed by atoms with Gasteiger partial charge in [0.2, 0.25) is 0 Å². The number of ether oxygens (including phenoxy) is 1. The van der Waals surface area contributed by atoms with Gasteiger partial charge in [-0.25, -0.2) is 4.39 Å². The van der Waals surface area contributed by atoms with E-state index in [1.54, 1.807) is 12.1 Å². The van der Waals surface area contributed by atoms with Gasteiger partial charge in [-0.05, 0) is 57.1 Å². The number of hydrogen-bond donors (Lipinski definition) is 1. The molecule has 2 atom stereocenters. The average Bonchev–Trinajstić information content (AvgIpc) is 2.56. The molecule has 23 heavy (non-hydrogen) atoms. The minimum Gasteiger partial charge on any atom is -0.494 e. The van der Waals surface area contributed by atoms with E-state index in [1.807, 2.05) is 6.07 Å². The van der Waals surface area contributed by atoms with E-state index in [0.29, 0.717) is 11.8 Å². The van der Waals surface area contributed by atoms with Crippen molar-refractivity contribution in [1.29, 1.82) is 0 Å². The molecule has 2 heterocycles. The summed E-state index contributed by atoms with van der Waals surface area (Å²) in [4.78, 5) is 4.77. The van der Waals surface area contributed by atoms with Crippen molar-refractivity contribution < 1.29 is 14.2 Å². The number of benzene rings is 1. The van der Waals surface area contributed by atoms with E-state index in [0.717, 1.165) is 51.0 Å². The third-order valence-corrected chi connectivity index (χ3v) is 5.72. The van der Waals surface area contributed by atoms with Gasteiger partial charge in [0.15, 0.2) is 11.6 Å². The van der Waals surface area contributed by atoms with Crippen molar-refractivity contribution in [1.82, 2.24) is 9.80 Å². The van der Waals surface area contributed by atoms with Crippen LogP contribution in [0.5, 0.6) is 5.75 Å². The molecule has 2 aliphatic heterocycles. The largest absolute Gasteiger partial charge is 0.494 e. The lowest BCUT2D eigenvalue weighted by atomic mass is 9.69. The van der Waals surface area contributed by atoms with Crippen molar-refractivity contribution in [3.63, 3.8) is 0 Å². The fourth-order valence-electron chi connectivity index (χ4n) is 4.29. The zero-order valence-corrected chi connectivity index (χ0v) is 14.1. The Morgan fingerprint density at radius 2 is 2.17 bits per heavy atom. The molecule has 2 fully saturated rings. The molecule has 0 spiro atoms. The van der Waals surface area contributed by atoms with Gasteiger partial charge in [0.25, 0.3) is 0 Å². The van der Waals surface area contributed by atoms with Gasteiger partial charge >= 0.3 is 0 Å². The number of piperidine rings is 2. The Hall–Kier alpha value is -1.17. The van der Waals surface area contributed by atoms with Crippen molar-refractivity contribution in [3.8, 4) is 5.75 Å². The second kappa shape index (κ2) is 6.75. The quantitative estimate of drug-likeness (QED) is 0.921. The molecule has 2 saturated heterocycles. The molecule has 0 amide bonds. The van der Waals surface area contributed by atoms with Crippen LogP contribution in [-0.2, 0) is 6.54 Å². The SMILES string of the molecule is COc1ccc(CN2CC[C@@]3(CO)CCCN(C)[C@@H]3C2)cc1F. The van der Waals surface area contributed by atoms with Gasteiger partial charge in [-0.2, -0.15) is 0 Å². The first-order valence-electron chi connectivity index (χ1n) is 8.44. The number of methoxy groups -OCH3 is 1. The summed E-state index contributed by atoms with van der Waals surface area (Å²) in [6.07, 6.45) is 3.29. The van der Waals surface area contributed by atoms with Crippen LogP contribution in [0.1, 0.15) is 24.8 Å². The van der Waals surface area contributed by atoms with Crippen LogP contribution in [0, 0.1) is 11.2 Å². The number of aliphatic hydroxyl groups is 1. The molecule has 0 aliphatic carbocycles. The highest BCUT2D eigenvalue weighted by molar-refractivity contribution is 5.29. The number of likely N-dealkylation sites (tertiary alicyclic amines) is 2. The monoisotopic (exact) mass is 322 g/mol. The molecule has 1 aromatic carbocycles. The standard InChI is InChI=1S/C18H27FN2O2/c1-20-8-3-6-18(13-22)7-9-21(12-17(18)20)11-14-4-5-16(23-2)15(19)10-14/h4-5,10,17,22H,3,6-9,11-13H2,1-2H3/t17-,18-/m1/s1. The van der Waals surface area contributed by atoms with Crippen molar-refractivity contribution in [2.45, 2.75) is 31.8 Å². The maximum atomic E-state index is 13.9. The third kappa shape index (κ3) is 3.23. The van der Waals surface area contributed by atoms with Crippen LogP contribution in [0.2, 0.25) is 0 Å². The lowest BCUT2D eigenvalue weighted by Crippen LogP contribution is -2.61. The highest BCUT2D eigenvalue weighted by atomic mass is 19.1. The Labute approximate surface area is 137 Å². The van der Waals surface area contributed by atoms with Gasteiger partial charge in [0.05, 0.1) is 13.7 Å².